The van der Waals surface area contributed by atoms with Crippen molar-refractivity contribution in [1.29, 1.82) is 0 Å². The number of hydrogen-bond acceptors (Lipinski definition) is 2. The van der Waals surface area contributed by atoms with Gasteiger partial charge in [0, 0.05) is 25.0 Å². The molecule has 1 atom stereocenters. The molecule has 1 unspecified atom stereocenters. The highest BCUT2D eigenvalue weighted by molar-refractivity contribution is 9.09. The standard InChI is InChI=1S/C11H22BrNO/c1-10(7-14-3)13(2)9-11(8-12)5-4-6-11/h10H,4-9H2,1-3H3. The minimum atomic E-state index is 0.525. The van der Waals surface area contributed by atoms with E-state index in [9.17, 15) is 0 Å². The third-order valence-corrected chi connectivity index (χ3v) is 4.63. The first kappa shape index (κ1) is 12.5. The first-order chi connectivity index (χ1) is 6.63. The van der Waals surface area contributed by atoms with Crippen LogP contribution in [0.5, 0.6) is 0 Å². The predicted octanol–water partition coefficient (Wildman–Crippen LogP) is 2.52. The van der Waals surface area contributed by atoms with Crippen molar-refractivity contribution in [2.24, 2.45) is 5.41 Å². The maximum absolute atomic E-state index is 5.17. The van der Waals surface area contributed by atoms with Crippen molar-refractivity contribution in [3.05, 3.63) is 0 Å². The summed E-state index contributed by atoms with van der Waals surface area (Å²) in [6, 6.07) is 0.525. The van der Waals surface area contributed by atoms with Crippen molar-refractivity contribution in [2.75, 3.05) is 32.6 Å². The fraction of sp³-hybridized carbons (Fsp3) is 1.00. The van der Waals surface area contributed by atoms with Crippen LogP contribution in [0.2, 0.25) is 0 Å². The van der Waals surface area contributed by atoms with Gasteiger partial charge in [-0.1, -0.05) is 22.4 Å². The molecule has 0 heterocycles. The Kier molecular flexibility index (Phi) is 4.88. The highest BCUT2D eigenvalue weighted by Crippen LogP contribution is 2.42. The first-order valence-corrected chi connectivity index (χ1v) is 6.51. The van der Waals surface area contributed by atoms with E-state index in [0.717, 1.165) is 11.9 Å². The molecule has 1 saturated carbocycles. The maximum atomic E-state index is 5.17. The molecule has 1 rings (SSSR count). The summed E-state index contributed by atoms with van der Waals surface area (Å²) < 4.78 is 5.17. The van der Waals surface area contributed by atoms with Crippen molar-refractivity contribution in [1.82, 2.24) is 4.90 Å². The Hall–Kier alpha value is 0.400. The SMILES string of the molecule is COCC(C)N(C)CC1(CBr)CCC1. The molecule has 1 fully saturated rings. The third-order valence-electron chi connectivity index (χ3n) is 3.44. The Morgan fingerprint density at radius 3 is 2.50 bits per heavy atom. The molecular weight excluding hydrogens is 242 g/mol. The van der Waals surface area contributed by atoms with E-state index in [-0.39, 0.29) is 0 Å². The Morgan fingerprint density at radius 1 is 1.50 bits per heavy atom. The molecule has 0 aliphatic heterocycles. The van der Waals surface area contributed by atoms with Gasteiger partial charge in [0.25, 0.3) is 0 Å². The molecule has 0 bridgehead atoms. The van der Waals surface area contributed by atoms with Crippen LogP contribution >= 0.6 is 15.9 Å². The van der Waals surface area contributed by atoms with E-state index < -0.39 is 0 Å². The lowest BCUT2D eigenvalue weighted by atomic mass is 9.70. The molecule has 0 aromatic heterocycles. The fourth-order valence-corrected chi connectivity index (χ4v) is 2.80. The predicted molar refractivity (Wildman–Crippen MR) is 64.0 cm³/mol. The number of alkyl halides is 1. The summed E-state index contributed by atoms with van der Waals surface area (Å²) >= 11 is 3.64. The summed E-state index contributed by atoms with van der Waals surface area (Å²) in [5.41, 5.74) is 0.552. The summed E-state index contributed by atoms with van der Waals surface area (Å²) in [4.78, 5) is 2.42. The van der Waals surface area contributed by atoms with Crippen molar-refractivity contribution < 1.29 is 4.74 Å². The van der Waals surface area contributed by atoms with Gasteiger partial charge in [-0.3, -0.25) is 0 Å². The number of methoxy groups -OCH3 is 1. The van der Waals surface area contributed by atoms with Gasteiger partial charge in [-0.25, -0.2) is 0 Å². The number of hydrogen-bond donors (Lipinski definition) is 0. The van der Waals surface area contributed by atoms with E-state index in [0.29, 0.717) is 11.5 Å². The van der Waals surface area contributed by atoms with Gasteiger partial charge >= 0.3 is 0 Å². The van der Waals surface area contributed by atoms with E-state index in [1.807, 2.05) is 0 Å². The van der Waals surface area contributed by atoms with Gasteiger partial charge < -0.3 is 9.64 Å². The average Bonchev–Trinajstić information content (AvgIpc) is 2.11. The Labute approximate surface area is 96.1 Å². The summed E-state index contributed by atoms with van der Waals surface area (Å²) in [5, 5.41) is 1.14. The minimum Gasteiger partial charge on any atom is -0.383 e. The summed E-state index contributed by atoms with van der Waals surface area (Å²) in [6.07, 6.45) is 4.16. The maximum Gasteiger partial charge on any atom is 0.0615 e. The van der Waals surface area contributed by atoms with Gasteiger partial charge in [0.2, 0.25) is 0 Å². The van der Waals surface area contributed by atoms with Gasteiger partial charge in [-0.05, 0) is 32.2 Å². The average molecular weight is 264 g/mol. The lowest BCUT2D eigenvalue weighted by molar-refractivity contribution is 0.0545. The van der Waals surface area contributed by atoms with E-state index in [1.54, 1.807) is 7.11 Å². The van der Waals surface area contributed by atoms with E-state index in [1.165, 1.54) is 25.8 Å². The molecule has 0 N–H and O–H groups in total. The number of ether oxygens (including phenoxy) is 1. The second-order valence-electron chi connectivity index (χ2n) is 4.71. The molecule has 0 amide bonds. The second kappa shape index (κ2) is 5.47. The summed E-state index contributed by atoms with van der Waals surface area (Å²) in [7, 11) is 3.97. The molecule has 1 aliphatic rings. The summed E-state index contributed by atoms with van der Waals surface area (Å²) in [5.74, 6) is 0. The van der Waals surface area contributed by atoms with E-state index in [4.69, 9.17) is 4.74 Å². The van der Waals surface area contributed by atoms with Gasteiger partial charge in [-0.15, -0.1) is 0 Å². The second-order valence-corrected chi connectivity index (χ2v) is 5.27. The largest absolute Gasteiger partial charge is 0.383 e. The molecule has 0 saturated heterocycles. The van der Waals surface area contributed by atoms with Crippen LogP contribution in [0.1, 0.15) is 26.2 Å². The topological polar surface area (TPSA) is 12.5 Å². The van der Waals surface area contributed by atoms with Gasteiger partial charge in [-0.2, -0.15) is 0 Å². The monoisotopic (exact) mass is 263 g/mol. The number of halogens is 1. The van der Waals surface area contributed by atoms with Crippen LogP contribution in [-0.4, -0.2) is 43.6 Å². The first-order valence-electron chi connectivity index (χ1n) is 5.39. The van der Waals surface area contributed by atoms with Gasteiger partial charge in [0.1, 0.15) is 0 Å². The zero-order valence-electron chi connectivity index (χ0n) is 9.55. The fourth-order valence-electron chi connectivity index (χ4n) is 2.06. The third kappa shape index (κ3) is 2.94. The van der Waals surface area contributed by atoms with E-state index >= 15 is 0 Å². The Morgan fingerprint density at radius 2 is 2.14 bits per heavy atom. The number of rotatable bonds is 6. The Balaban J connectivity index is 2.34. The van der Waals surface area contributed by atoms with Crippen LogP contribution in [0, 0.1) is 5.41 Å². The molecule has 2 nitrogen and oxygen atoms in total. The lowest BCUT2D eigenvalue weighted by Crippen LogP contribution is -2.46. The lowest BCUT2D eigenvalue weighted by Gasteiger charge is -2.44. The molecule has 0 spiro atoms. The zero-order chi connectivity index (χ0) is 10.6. The molecule has 0 radical (unpaired) electrons. The van der Waals surface area contributed by atoms with Crippen molar-refractivity contribution in [2.45, 2.75) is 32.2 Å². The molecule has 3 heteroatoms. The highest BCUT2D eigenvalue weighted by atomic mass is 79.9. The summed E-state index contributed by atoms with van der Waals surface area (Å²) in [6.45, 7) is 4.25. The zero-order valence-corrected chi connectivity index (χ0v) is 11.1. The van der Waals surface area contributed by atoms with Crippen molar-refractivity contribution in [3.63, 3.8) is 0 Å². The van der Waals surface area contributed by atoms with Gasteiger partial charge in [0.15, 0.2) is 0 Å². The minimum absolute atomic E-state index is 0.525. The Bertz CT molecular complexity index is 165. The van der Waals surface area contributed by atoms with Crippen LogP contribution in [0.4, 0.5) is 0 Å². The van der Waals surface area contributed by atoms with Crippen LogP contribution in [0.15, 0.2) is 0 Å². The van der Waals surface area contributed by atoms with Gasteiger partial charge in [0.05, 0.1) is 6.61 Å². The molecule has 84 valence electrons. The van der Waals surface area contributed by atoms with Crippen LogP contribution in [0.3, 0.4) is 0 Å². The van der Waals surface area contributed by atoms with Crippen LogP contribution in [-0.2, 0) is 4.74 Å². The van der Waals surface area contributed by atoms with Crippen LogP contribution < -0.4 is 0 Å². The van der Waals surface area contributed by atoms with Crippen LogP contribution in [0.25, 0.3) is 0 Å². The smallest absolute Gasteiger partial charge is 0.0615 e. The molecular formula is C11H22BrNO. The van der Waals surface area contributed by atoms with Crippen molar-refractivity contribution >= 4 is 15.9 Å². The number of likely N-dealkylation sites (N-methyl/N-ethyl adjacent to an activating group) is 1. The van der Waals surface area contributed by atoms with E-state index in [2.05, 4.69) is 34.8 Å². The molecule has 14 heavy (non-hydrogen) atoms. The molecule has 1 aliphatic carbocycles. The normalized spacial score (nSPS) is 22.1. The highest BCUT2D eigenvalue weighted by Gasteiger charge is 2.37. The van der Waals surface area contributed by atoms with Crippen molar-refractivity contribution in [3.8, 4) is 0 Å². The molecule has 0 aromatic carbocycles. The quantitative estimate of drug-likeness (QED) is 0.683. The number of nitrogens with zero attached hydrogens (tertiary/aromatic N) is 1. The molecule has 0 aromatic rings.